The minimum absolute atomic E-state index is 0.0342. The Morgan fingerprint density at radius 1 is 1.40 bits per heavy atom. The normalized spacial score (nSPS) is 15.5. The lowest BCUT2D eigenvalue weighted by Crippen LogP contribution is -2.18. The third-order valence-electron chi connectivity index (χ3n) is 4.19. The minimum Gasteiger partial charge on any atom is -0.496 e. The summed E-state index contributed by atoms with van der Waals surface area (Å²) in [7, 11) is 1.54. The molecule has 0 atom stereocenters. The number of hydrogen-bond acceptors (Lipinski definition) is 3. The standard InChI is InChI=1S/C19H23ClN2O2S/c1-19(2,3)22-11-13(9-12-5-6-12)18(25-22)21-17(23)15-10-14(20)7-8-16(15)24-4/h7-8,10-12H,5-6,9H2,1-4H3. The molecule has 2 aromatic rings. The van der Waals surface area contributed by atoms with Gasteiger partial charge in [-0.25, -0.2) is 0 Å². The molecule has 3 rings (SSSR count). The van der Waals surface area contributed by atoms with Crippen molar-refractivity contribution in [1.82, 2.24) is 3.96 Å². The predicted octanol–water partition coefficient (Wildman–Crippen LogP) is 4.66. The lowest BCUT2D eigenvalue weighted by molar-refractivity contribution is 0.0996. The number of carbonyl (C=O) groups is 1. The van der Waals surface area contributed by atoms with Crippen LogP contribution >= 0.6 is 23.1 Å². The number of methoxy groups -OCH3 is 1. The second-order valence-corrected chi connectivity index (χ2v) is 8.86. The summed E-state index contributed by atoms with van der Waals surface area (Å²) in [5.41, 5.74) is 1.51. The first-order valence-electron chi connectivity index (χ1n) is 8.43. The summed E-state index contributed by atoms with van der Waals surface area (Å²) in [6.07, 6.45) is 5.66. The number of hydrogen-bond donors (Lipinski definition) is 0. The Morgan fingerprint density at radius 3 is 2.72 bits per heavy atom. The lowest BCUT2D eigenvalue weighted by atomic mass is 10.1. The second kappa shape index (κ2) is 6.96. The van der Waals surface area contributed by atoms with Crippen molar-refractivity contribution in [2.45, 2.75) is 45.6 Å². The maximum absolute atomic E-state index is 12.8. The monoisotopic (exact) mass is 378 g/mol. The number of aromatic nitrogens is 1. The van der Waals surface area contributed by atoms with Gasteiger partial charge in [-0.1, -0.05) is 11.6 Å². The van der Waals surface area contributed by atoms with Gasteiger partial charge in [0, 0.05) is 22.3 Å². The molecular formula is C19H23ClN2O2S. The Labute approximate surface area is 157 Å². The fourth-order valence-corrected chi connectivity index (χ4v) is 3.76. The highest BCUT2D eigenvalue weighted by molar-refractivity contribution is 7.04. The van der Waals surface area contributed by atoms with E-state index in [-0.39, 0.29) is 11.4 Å². The van der Waals surface area contributed by atoms with Gasteiger partial charge in [-0.05, 0) is 75.7 Å². The molecular weight excluding hydrogens is 356 g/mol. The Kier molecular flexibility index (Phi) is 5.07. The van der Waals surface area contributed by atoms with E-state index in [9.17, 15) is 4.79 Å². The van der Waals surface area contributed by atoms with Gasteiger partial charge in [-0.2, -0.15) is 4.99 Å². The van der Waals surface area contributed by atoms with Gasteiger partial charge in [0.25, 0.3) is 5.91 Å². The largest absolute Gasteiger partial charge is 0.496 e. The molecule has 1 aliphatic carbocycles. The molecule has 1 saturated carbocycles. The van der Waals surface area contributed by atoms with Gasteiger partial charge in [0.15, 0.2) is 0 Å². The van der Waals surface area contributed by atoms with Gasteiger partial charge in [0.2, 0.25) is 0 Å². The van der Waals surface area contributed by atoms with Gasteiger partial charge >= 0.3 is 0 Å². The van der Waals surface area contributed by atoms with Gasteiger partial charge < -0.3 is 4.74 Å². The van der Waals surface area contributed by atoms with Crippen LogP contribution in [0.3, 0.4) is 0 Å². The number of ether oxygens (including phenoxy) is 1. The summed E-state index contributed by atoms with van der Waals surface area (Å²) in [6, 6.07) is 5.01. The number of halogens is 1. The Bertz CT molecular complexity index is 857. The highest BCUT2D eigenvalue weighted by Crippen LogP contribution is 2.32. The lowest BCUT2D eigenvalue weighted by Gasteiger charge is -2.19. The zero-order valence-corrected chi connectivity index (χ0v) is 16.6. The zero-order chi connectivity index (χ0) is 18.2. The third-order valence-corrected chi connectivity index (χ3v) is 5.81. The summed E-state index contributed by atoms with van der Waals surface area (Å²) in [6.45, 7) is 6.45. The van der Waals surface area contributed by atoms with Crippen molar-refractivity contribution in [3.8, 4) is 5.75 Å². The van der Waals surface area contributed by atoms with Crippen LogP contribution in [0.15, 0.2) is 29.4 Å². The van der Waals surface area contributed by atoms with Gasteiger partial charge in [0.05, 0.1) is 12.7 Å². The molecule has 1 aliphatic rings. The highest BCUT2D eigenvalue weighted by Gasteiger charge is 2.25. The molecule has 0 radical (unpaired) electrons. The molecule has 134 valence electrons. The molecule has 6 heteroatoms. The van der Waals surface area contributed by atoms with Crippen LogP contribution in [-0.4, -0.2) is 17.0 Å². The predicted molar refractivity (Wildman–Crippen MR) is 102 cm³/mol. The van der Waals surface area contributed by atoms with E-state index in [0.717, 1.165) is 22.6 Å². The van der Waals surface area contributed by atoms with Crippen molar-refractivity contribution in [1.29, 1.82) is 0 Å². The molecule has 1 fully saturated rings. The van der Waals surface area contributed by atoms with E-state index in [1.165, 1.54) is 31.5 Å². The topological polar surface area (TPSA) is 43.6 Å². The summed E-state index contributed by atoms with van der Waals surface area (Å²) in [5, 5.41) is 0.494. The van der Waals surface area contributed by atoms with E-state index in [4.69, 9.17) is 16.3 Å². The van der Waals surface area contributed by atoms with E-state index in [2.05, 4.69) is 35.9 Å². The van der Waals surface area contributed by atoms with E-state index in [0.29, 0.717) is 16.3 Å². The van der Waals surface area contributed by atoms with Gasteiger partial charge in [-0.15, -0.1) is 0 Å². The van der Waals surface area contributed by atoms with E-state index < -0.39 is 0 Å². The third kappa shape index (κ3) is 4.33. The molecule has 1 amide bonds. The molecule has 0 aliphatic heterocycles. The van der Waals surface area contributed by atoms with Crippen molar-refractivity contribution in [3.63, 3.8) is 0 Å². The van der Waals surface area contributed by atoms with Crippen molar-refractivity contribution in [2.75, 3.05) is 7.11 Å². The van der Waals surface area contributed by atoms with Crippen LogP contribution in [0.2, 0.25) is 5.02 Å². The highest BCUT2D eigenvalue weighted by atomic mass is 35.5. The summed E-state index contributed by atoms with van der Waals surface area (Å²) in [5.74, 6) is 0.897. The minimum atomic E-state index is -0.320. The molecule has 1 aromatic carbocycles. The van der Waals surface area contributed by atoms with Crippen LogP contribution in [0.5, 0.6) is 5.75 Å². The molecule has 0 unspecified atom stereocenters. The number of benzene rings is 1. The average Bonchev–Trinajstić information content (AvgIpc) is 3.26. The fourth-order valence-electron chi connectivity index (χ4n) is 2.57. The maximum atomic E-state index is 12.8. The van der Waals surface area contributed by atoms with E-state index >= 15 is 0 Å². The molecule has 4 nitrogen and oxygen atoms in total. The molecule has 0 spiro atoms. The second-order valence-electron chi connectivity index (χ2n) is 7.46. The number of amides is 1. The van der Waals surface area contributed by atoms with Crippen molar-refractivity contribution in [3.05, 3.63) is 45.2 Å². The van der Waals surface area contributed by atoms with Crippen LogP contribution in [-0.2, 0) is 12.0 Å². The van der Waals surface area contributed by atoms with Crippen LogP contribution in [0.4, 0.5) is 0 Å². The molecule has 1 aromatic heterocycles. The van der Waals surface area contributed by atoms with Crippen molar-refractivity contribution >= 4 is 29.0 Å². The first-order chi connectivity index (χ1) is 11.8. The van der Waals surface area contributed by atoms with E-state index in [1.54, 1.807) is 18.2 Å². The molecule has 0 saturated heterocycles. The Morgan fingerprint density at radius 2 is 2.12 bits per heavy atom. The Balaban J connectivity index is 2.03. The van der Waals surface area contributed by atoms with Gasteiger partial charge in [0.1, 0.15) is 10.4 Å². The summed E-state index contributed by atoms with van der Waals surface area (Å²) >= 11 is 7.57. The molecule has 0 N–H and O–H groups in total. The maximum Gasteiger partial charge on any atom is 0.282 e. The Hall–Kier alpha value is -1.59. The fraction of sp³-hybridized carbons (Fsp3) is 0.474. The SMILES string of the molecule is COc1ccc(Cl)cc1C(=O)N=c1sn(C(C)(C)C)cc1CC1CC1. The number of nitrogens with zero attached hydrogens (tertiary/aromatic N) is 2. The summed E-state index contributed by atoms with van der Waals surface area (Å²) in [4.78, 5) is 17.2. The summed E-state index contributed by atoms with van der Waals surface area (Å²) < 4.78 is 8.24. The van der Waals surface area contributed by atoms with E-state index in [1.807, 2.05) is 0 Å². The smallest absolute Gasteiger partial charge is 0.282 e. The van der Waals surface area contributed by atoms with Gasteiger partial charge in [-0.3, -0.25) is 8.75 Å². The first-order valence-corrected chi connectivity index (χ1v) is 9.58. The molecule has 0 bridgehead atoms. The zero-order valence-electron chi connectivity index (χ0n) is 15.0. The number of rotatable bonds is 4. The number of carbonyl (C=O) groups excluding carboxylic acids is 1. The van der Waals surface area contributed by atoms with Crippen LogP contribution in [0.25, 0.3) is 0 Å². The molecule has 25 heavy (non-hydrogen) atoms. The average molecular weight is 379 g/mol. The quantitative estimate of drug-likeness (QED) is 0.776. The van der Waals surface area contributed by atoms with Crippen LogP contribution in [0.1, 0.15) is 49.5 Å². The molecule has 1 heterocycles. The first kappa shape index (κ1) is 18.2. The van der Waals surface area contributed by atoms with Crippen LogP contribution in [0, 0.1) is 5.92 Å². The van der Waals surface area contributed by atoms with Crippen molar-refractivity contribution < 1.29 is 9.53 Å². The van der Waals surface area contributed by atoms with Crippen LogP contribution < -0.4 is 9.41 Å². The van der Waals surface area contributed by atoms with Crippen molar-refractivity contribution in [2.24, 2.45) is 10.9 Å².